The summed E-state index contributed by atoms with van der Waals surface area (Å²) in [5, 5.41) is 2.69. The zero-order chi connectivity index (χ0) is 12.1. The molecule has 0 aliphatic heterocycles. The molecule has 0 aromatic heterocycles. The summed E-state index contributed by atoms with van der Waals surface area (Å²) >= 11 is 0. The van der Waals surface area contributed by atoms with Gasteiger partial charge in [0.2, 0.25) is 0 Å². The van der Waals surface area contributed by atoms with Gasteiger partial charge in [-0.3, -0.25) is 5.32 Å². The Hall–Kier alpha value is -1.55. The predicted octanol–water partition coefficient (Wildman–Crippen LogP) is 2.51. The van der Waals surface area contributed by atoms with E-state index in [2.05, 4.69) is 5.32 Å². The number of hydrogen-bond acceptors (Lipinski definition) is 3. The van der Waals surface area contributed by atoms with Crippen LogP contribution in [0.1, 0.15) is 25.7 Å². The quantitative estimate of drug-likeness (QED) is 0.826. The van der Waals surface area contributed by atoms with Crippen molar-refractivity contribution in [2.75, 3.05) is 5.32 Å². The van der Waals surface area contributed by atoms with Gasteiger partial charge in [0, 0.05) is 11.7 Å². The summed E-state index contributed by atoms with van der Waals surface area (Å²) in [6, 6.07) is 9.24. The van der Waals surface area contributed by atoms with E-state index in [0.29, 0.717) is 0 Å². The van der Waals surface area contributed by atoms with Gasteiger partial charge in [-0.2, -0.15) is 0 Å². The third kappa shape index (κ3) is 3.46. The average Bonchev–Trinajstić information content (AvgIpc) is 2.33. The molecule has 1 aliphatic carbocycles. The monoisotopic (exact) mass is 234 g/mol. The van der Waals surface area contributed by atoms with Gasteiger partial charge in [0.05, 0.1) is 0 Å². The fraction of sp³-hybridized carbons (Fsp3) is 0.462. The van der Waals surface area contributed by atoms with Crippen molar-refractivity contribution >= 4 is 11.8 Å². The van der Waals surface area contributed by atoms with Gasteiger partial charge in [0.25, 0.3) is 0 Å². The van der Waals surface area contributed by atoms with Crippen LogP contribution in [-0.2, 0) is 4.74 Å². The molecule has 3 N–H and O–H groups in total. The van der Waals surface area contributed by atoms with E-state index in [-0.39, 0.29) is 12.1 Å². The third-order valence-corrected chi connectivity index (χ3v) is 3.03. The molecule has 1 aromatic rings. The molecule has 92 valence electrons. The smallest absolute Gasteiger partial charge is 0.411 e. The summed E-state index contributed by atoms with van der Waals surface area (Å²) < 4.78 is 5.33. The van der Waals surface area contributed by atoms with Crippen molar-refractivity contribution in [3.05, 3.63) is 30.3 Å². The van der Waals surface area contributed by atoms with Crippen LogP contribution < -0.4 is 11.1 Å². The van der Waals surface area contributed by atoms with E-state index < -0.39 is 6.09 Å². The number of para-hydroxylation sites is 1. The SMILES string of the molecule is N[C@@H]1CCCC[C@H]1OC(=O)Nc1ccccc1. The number of hydrogen-bond donors (Lipinski definition) is 2. The highest BCUT2D eigenvalue weighted by atomic mass is 16.6. The first-order valence-corrected chi connectivity index (χ1v) is 6.04. The van der Waals surface area contributed by atoms with Crippen LogP contribution in [0.4, 0.5) is 10.5 Å². The number of carbonyl (C=O) groups excluding carboxylic acids is 1. The normalized spacial score (nSPS) is 24.1. The highest BCUT2D eigenvalue weighted by molar-refractivity contribution is 5.84. The Kier molecular flexibility index (Phi) is 3.98. The number of ether oxygens (including phenoxy) is 1. The van der Waals surface area contributed by atoms with Crippen molar-refractivity contribution in [1.29, 1.82) is 0 Å². The lowest BCUT2D eigenvalue weighted by atomic mass is 9.93. The van der Waals surface area contributed by atoms with E-state index in [4.69, 9.17) is 10.5 Å². The van der Waals surface area contributed by atoms with Crippen molar-refractivity contribution in [2.24, 2.45) is 5.73 Å². The van der Waals surface area contributed by atoms with E-state index in [9.17, 15) is 4.79 Å². The highest BCUT2D eigenvalue weighted by Crippen LogP contribution is 2.20. The van der Waals surface area contributed by atoms with Gasteiger partial charge in [-0.15, -0.1) is 0 Å². The topological polar surface area (TPSA) is 64.3 Å². The van der Waals surface area contributed by atoms with Crippen LogP contribution in [0.25, 0.3) is 0 Å². The van der Waals surface area contributed by atoms with E-state index >= 15 is 0 Å². The van der Waals surface area contributed by atoms with Crippen LogP contribution in [0.2, 0.25) is 0 Å². The standard InChI is InChI=1S/C13H18N2O2/c14-11-8-4-5-9-12(11)17-13(16)15-10-6-2-1-3-7-10/h1-3,6-7,11-12H,4-5,8-9,14H2,(H,15,16)/t11-,12-/m1/s1. The fourth-order valence-corrected chi connectivity index (χ4v) is 2.08. The first kappa shape index (κ1) is 11.9. The van der Waals surface area contributed by atoms with E-state index in [1.165, 1.54) is 0 Å². The average molecular weight is 234 g/mol. The summed E-state index contributed by atoms with van der Waals surface area (Å²) in [7, 11) is 0. The number of benzene rings is 1. The highest BCUT2D eigenvalue weighted by Gasteiger charge is 2.25. The number of nitrogens with two attached hydrogens (primary N) is 1. The number of anilines is 1. The molecule has 1 aromatic carbocycles. The molecule has 0 unspecified atom stereocenters. The van der Waals surface area contributed by atoms with Crippen LogP contribution in [-0.4, -0.2) is 18.2 Å². The van der Waals surface area contributed by atoms with E-state index in [1.807, 2.05) is 30.3 Å². The summed E-state index contributed by atoms with van der Waals surface area (Å²) in [6.45, 7) is 0. The first-order valence-electron chi connectivity index (χ1n) is 6.04. The Morgan fingerprint density at radius 3 is 2.65 bits per heavy atom. The number of rotatable bonds is 2. The molecule has 0 spiro atoms. The lowest BCUT2D eigenvalue weighted by Gasteiger charge is -2.28. The Bertz CT molecular complexity index is 367. The molecule has 0 bridgehead atoms. The van der Waals surface area contributed by atoms with E-state index in [1.54, 1.807) is 0 Å². The molecule has 0 radical (unpaired) electrons. The van der Waals surface area contributed by atoms with Crippen molar-refractivity contribution < 1.29 is 9.53 Å². The molecular formula is C13H18N2O2. The molecular weight excluding hydrogens is 216 g/mol. The van der Waals surface area contributed by atoms with Gasteiger partial charge < -0.3 is 10.5 Å². The van der Waals surface area contributed by atoms with Crippen LogP contribution in [0.15, 0.2) is 30.3 Å². The van der Waals surface area contributed by atoms with Gasteiger partial charge in [-0.25, -0.2) is 4.79 Å². The minimum atomic E-state index is -0.418. The fourth-order valence-electron chi connectivity index (χ4n) is 2.08. The second kappa shape index (κ2) is 5.68. The van der Waals surface area contributed by atoms with Crippen LogP contribution in [0.3, 0.4) is 0 Å². The first-order chi connectivity index (χ1) is 8.25. The summed E-state index contributed by atoms with van der Waals surface area (Å²) in [5.74, 6) is 0. The van der Waals surface area contributed by atoms with Crippen LogP contribution in [0, 0.1) is 0 Å². The molecule has 0 saturated heterocycles. The lowest BCUT2D eigenvalue weighted by Crippen LogP contribution is -2.41. The molecule has 1 fully saturated rings. The number of nitrogens with one attached hydrogen (secondary N) is 1. The molecule has 4 heteroatoms. The molecule has 2 atom stereocenters. The Morgan fingerprint density at radius 1 is 1.24 bits per heavy atom. The largest absolute Gasteiger partial charge is 0.444 e. The summed E-state index contributed by atoms with van der Waals surface area (Å²) in [5.41, 5.74) is 6.65. The minimum Gasteiger partial charge on any atom is -0.444 e. The minimum absolute atomic E-state index is 0.0229. The van der Waals surface area contributed by atoms with Gasteiger partial charge >= 0.3 is 6.09 Å². The third-order valence-electron chi connectivity index (χ3n) is 3.03. The van der Waals surface area contributed by atoms with Crippen molar-refractivity contribution in [1.82, 2.24) is 0 Å². The number of carbonyl (C=O) groups is 1. The van der Waals surface area contributed by atoms with Crippen molar-refractivity contribution in [3.8, 4) is 0 Å². The number of amides is 1. The van der Waals surface area contributed by atoms with Crippen molar-refractivity contribution in [3.63, 3.8) is 0 Å². The maximum atomic E-state index is 11.6. The molecule has 17 heavy (non-hydrogen) atoms. The Labute approximate surface area is 101 Å². The molecule has 2 rings (SSSR count). The van der Waals surface area contributed by atoms with Gasteiger partial charge in [-0.05, 0) is 31.4 Å². The van der Waals surface area contributed by atoms with Gasteiger partial charge in [-0.1, -0.05) is 24.6 Å². The second-order valence-electron chi connectivity index (χ2n) is 4.38. The summed E-state index contributed by atoms with van der Waals surface area (Å²) in [6.07, 6.45) is 3.44. The Balaban J connectivity index is 1.84. The molecule has 1 aliphatic rings. The predicted molar refractivity (Wildman–Crippen MR) is 66.8 cm³/mol. The molecule has 4 nitrogen and oxygen atoms in total. The van der Waals surface area contributed by atoms with E-state index in [0.717, 1.165) is 31.4 Å². The maximum Gasteiger partial charge on any atom is 0.411 e. The van der Waals surface area contributed by atoms with Crippen molar-refractivity contribution in [2.45, 2.75) is 37.8 Å². The van der Waals surface area contributed by atoms with Gasteiger partial charge in [0.15, 0.2) is 0 Å². The van der Waals surface area contributed by atoms with Crippen LogP contribution >= 0.6 is 0 Å². The zero-order valence-electron chi connectivity index (χ0n) is 9.76. The summed E-state index contributed by atoms with van der Waals surface area (Å²) in [4.78, 5) is 11.6. The molecule has 1 amide bonds. The molecule has 0 heterocycles. The Morgan fingerprint density at radius 2 is 1.94 bits per heavy atom. The van der Waals surface area contributed by atoms with Crippen LogP contribution in [0.5, 0.6) is 0 Å². The molecule has 1 saturated carbocycles. The maximum absolute atomic E-state index is 11.6. The lowest BCUT2D eigenvalue weighted by molar-refractivity contribution is 0.0728. The second-order valence-corrected chi connectivity index (χ2v) is 4.38. The zero-order valence-corrected chi connectivity index (χ0v) is 9.76. The van der Waals surface area contributed by atoms with Gasteiger partial charge in [0.1, 0.15) is 6.10 Å².